The lowest BCUT2D eigenvalue weighted by Crippen LogP contribution is -2.25. The number of rotatable bonds is 2. The van der Waals surface area contributed by atoms with Crippen LogP contribution in [0, 0.1) is 13.8 Å². The summed E-state index contributed by atoms with van der Waals surface area (Å²) in [5, 5.41) is 0.904. The predicted octanol–water partition coefficient (Wildman–Crippen LogP) is 5.28. The molecule has 20 heavy (non-hydrogen) atoms. The van der Waals surface area contributed by atoms with Gasteiger partial charge in [-0.3, -0.25) is 0 Å². The van der Waals surface area contributed by atoms with Gasteiger partial charge in [0, 0.05) is 23.2 Å². The van der Waals surface area contributed by atoms with Crippen LogP contribution in [0.3, 0.4) is 0 Å². The Morgan fingerprint density at radius 2 is 1.70 bits per heavy atom. The minimum Gasteiger partial charge on any atom is -0.341 e. The molecular weight excluding hydrogens is 310 g/mol. The summed E-state index contributed by atoms with van der Waals surface area (Å²) in [5.41, 5.74) is 8.26. The van der Waals surface area contributed by atoms with Crippen molar-refractivity contribution in [2.24, 2.45) is 0 Å². The first kappa shape index (κ1) is 13.7. The summed E-state index contributed by atoms with van der Waals surface area (Å²) in [4.78, 5) is 2.48. The second-order valence-electron chi connectivity index (χ2n) is 5.65. The molecule has 0 radical (unpaired) electrons. The topological polar surface area (TPSA) is 3.24 Å². The Morgan fingerprint density at radius 1 is 1.00 bits per heavy atom. The molecule has 104 valence electrons. The number of anilines is 2. The zero-order valence-corrected chi connectivity index (χ0v) is 13.7. The van der Waals surface area contributed by atoms with E-state index >= 15 is 0 Å². The smallest absolute Gasteiger partial charge is 0.0452 e. The highest BCUT2D eigenvalue weighted by atomic mass is 79.9. The Hall–Kier alpha value is -1.28. The van der Waals surface area contributed by atoms with E-state index in [4.69, 9.17) is 0 Å². The molecule has 0 saturated heterocycles. The molecule has 1 heterocycles. The first-order valence-corrected chi connectivity index (χ1v) is 8.34. The summed E-state index contributed by atoms with van der Waals surface area (Å²) in [6.45, 7) is 5.44. The maximum absolute atomic E-state index is 3.63. The van der Waals surface area contributed by atoms with Gasteiger partial charge < -0.3 is 4.90 Å². The second-order valence-corrected chi connectivity index (χ2v) is 6.21. The van der Waals surface area contributed by atoms with Crippen LogP contribution in [0.5, 0.6) is 0 Å². The molecule has 1 aliphatic rings. The van der Waals surface area contributed by atoms with E-state index in [1.807, 2.05) is 0 Å². The maximum Gasteiger partial charge on any atom is 0.0452 e. The van der Waals surface area contributed by atoms with E-state index in [0.717, 1.165) is 11.9 Å². The van der Waals surface area contributed by atoms with Crippen molar-refractivity contribution in [3.63, 3.8) is 0 Å². The largest absolute Gasteiger partial charge is 0.341 e. The van der Waals surface area contributed by atoms with E-state index < -0.39 is 0 Å². The molecule has 0 bridgehead atoms. The fourth-order valence-corrected chi connectivity index (χ4v) is 3.51. The lowest BCUT2D eigenvalue weighted by molar-refractivity contribution is 0.764. The monoisotopic (exact) mass is 329 g/mol. The standard InChI is InChI=1S/C18H20BrN/c1-13-5-7-17-15(10-13)4-3-9-20(17)18-8-6-14(2)11-16(18)12-19/h5-8,10-11H,3-4,9,12H2,1-2H3. The van der Waals surface area contributed by atoms with Crippen molar-refractivity contribution >= 4 is 27.3 Å². The van der Waals surface area contributed by atoms with E-state index in [9.17, 15) is 0 Å². The van der Waals surface area contributed by atoms with Gasteiger partial charge in [0.25, 0.3) is 0 Å². The Kier molecular flexibility index (Phi) is 3.84. The van der Waals surface area contributed by atoms with Gasteiger partial charge >= 0.3 is 0 Å². The average Bonchev–Trinajstić information content (AvgIpc) is 2.46. The fraction of sp³-hybridized carbons (Fsp3) is 0.333. The van der Waals surface area contributed by atoms with Gasteiger partial charge in [0.1, 0.15) is 0 Å². The third-order valence-corrected chi connectivity index (χ3v) is 4.63. The van der Waals surface area contributed by atoms with E-state index in [-0.39, 0.29) is 0 Å². The van der Waals surface area contributed by atoms with E-state index in [1.54, 1.807) is 0 Å². The normalized spacial score (nSPS) is 14.2. The highest BCUT2D eigenvalue weighted by molar-refractivity contribution is 9.08. The number of benzene rings is 2. The van der Waals surface area contributed by atoms with E-state index in [1.165, 1.54) is 46.5 Å². The summed E-state index contributed by atoms with van der Waals surface area (Å²) < 4.78 is 0. The highest BCUT2D eigenvalue weighted by Gasteiger charge is 2.20. The Morgan fingerprint density at radius 3 is 2.45 bits per heavy atom. The maximum atomic E-state index is 3.63. The van der Waals surface area contributed by atoms with Crippen LogP contribution in [0.25, 0.3) is 0 Å². The number of hydrogen-bond donors (Lipinski definition) is 0. The van der Waals surface area contributed by atoms with Crippen molar-refractivity contribution < 1.29 is 0 Å². The van der Waals surface area contributed by atoms with Gasteiger partial charge in [-0.1, -0.05) is 51.3 Å². The highest BCUT2D eigenvalue weighted by Crippen LogP contribution is 2.36. The molecular formula is C18H20BrN. The van der Waals surface area contributed by atoms with Gasteiger partial charge in [-0.2, -0.15) is 0 Å². The molecule has 0 spiro atoms. The van der Waals surface area contributed by atoms with Gasteiger partial charge in [-0.25, -0.2) is 0 Å². The van der Waals surface area contributed by atoms with Crippen molar-refractivity contribution in [1.29, 1.82) is 0 Å². The van der Waals surface area contributed by atoms with Gasteiger partial charge in [0.05, 0.1) is 0 Å². The molecule has 0 aliphatic carbocycles. The average molecular weight is 330 g/mol. The van der Waals surface area contributed by atoms with Crippen LogP contribution in [0.15, 0.2) is 36.4 Å². The molecule has 0 fully saturated rings. The number of nitrogens with zero attached hydrogens (tertiary/aromatic N) is 1. The van der Waals surface area contributed by atoms with Crippen LogP contribution >= 0.6 is 15.9 Å². The lowest BCUT2D eigenvalue weighted by atomic mass is 9.98. The number of alkyl halides is 1. The number of halogens is 1. The number of fused-ring (bicyclic) bond motifs is 1. The van der Waals surface area contributed by atoms with E-state index in [2.05, 4.69) is 71.1 Å². The molecule has 3 rings (SSSR count). The number of aryl methyl sites for hydroxylation is 3. The summed E-state index contributed by atoms with van der Waals surface area (Å²) in [6.07, 6.45) is 2.43. The fourth-order valence-electron chi connectivity index (χ4n) is 3.06. The zero-order chi connectivity index (χ0) is 14.1. The summed E-state index contributed by atoms with van der Waals surface area (Å²) >= 11 is 3.63. The predicted molar refractivity (Wildman–Crippen MR) is 90.3 cm³/mol. The second kappa shape index (κ2) is 5.61. The quantitative estimate of drug-likeness (QED) is 0.677. The SMILES string of the molecule is Cc1ccc(N2CCCc3cc(C)ccc32)c(CBr)c1. The number of hydrogen-bond acceptors (Lipinski definition) is 1. The molecule has 1 nitrogen and oxygen atoms in total. The van der Waals surface area contributed by atoms with E-state index in [0.29, 0.717) is 0 Å². The molecule has 0 N–H and O–H groups in total. The molecule has 0 unspecified atom stereocenters. The molecule has 2 aromatic carbocycles. The Balaban J connectivity index is 2.09. The van der Waals surface area contributed by atoms with Gasteiger partial charge in [-0.15, -0.1) is 0 Å². The Bertz CT molecular complexity index is 633. The molecule has 0 saturated carbocycles. The van der Waals surface area contributed by atoms with Crippen LogP contribution in [0.4, 0.5) is 11.4 Å². The molecule has 0 amide bonds. The first-order valence-electron chi connectivity index (χ1n) is 7.21. The minimum atomic E-state index is 0.904. The van der Waals surface area contributed by atoms with Crippen molar-refractivity contribution in [1.82, 2.24) is 0 Å². The van der Waals surface area contributed by atoms with Crippen LogP contribution in [-0.4, -0.2) is 6.54 Å². The molecule has 1 aliphatic heterocycles. The third kappa shape index (κ3) is 2.49. The molecule has 2 heteroatoms. The third-order valence-electron chi connectivity index (χ3n) is 4.02. The van der Waals surface area contributed by atoms with Gasteiger partial charge in [0.15, 0.2) is 0 Å². The van der Waals surface area contributed by atoms with Gasteiger partial charge in [0.2, 0.25) is 0 Å². The zero-order valence-electron chi connectivity index (χ0n) is 12.1. The van der Waals surface area contributed by atoms with Crippen molar-refractivity contribution in [2.75, 3.05) is 11.4 Å². The van der Waals surface area contributed by atoms with Crippen molar-refractivity contribution in [2.45, 2.75) is 32.0 Å². The van der Waals surface area contributed by atoms with Crippen LogP contribution in [0.1, 0.15) is 28.7 Å². The first-order chi connectivity index (χ1) is 9.69. The van der Waals surface area contributed by atoms with Crippen molar-refractivity contribution in [3.8, 4) is 0 Å². The summed E-state index contributed by atoms with van der Waals surface area (Å²) in [7, 11) is 0. The summed E-state index contributed by atoms with van der Waals surface area (Å²) in [6, 6.07) is 13.6. The molecule has 0 aromatic heterocycles. The van der Waals surface area contributed by atoms with Crippen LogP contribution in [-0.2, 0) is 11.8 Å². The summed E-state index contributed by atoms with van der Waals surface area (Å²) in [5.74, 6) is 0. The Labute approximate surface area is 129 Å². The van der Waals surface area contributed by atoms with Crippen LogP contribution < -0.4 is 4.90 Å². The molecule has 2 aromatic rings. The van der Waals surface area contributed by atoms with Crippen molar-refractivity contribution in [3.05, 3.63) is 58.7 Å². The molecule has 0 atom stereocenters. The minimum absolute atomic E-state index is 0.904. The van der Waals surface area contributed by atoms with Crippen LogP contribution in [0.2, 0.25) is 0 Å². The lowest BCUT2D eigenvalue weighted by Gasteiger charge is -2.33. The van der Waals surface area contributed by atoms with Gasteiger partial charge in [-0.05, 0) is 49.9 Å².